The van der Waals surface area contributed by atoms with Crippen molar-refractivity contribution in [3.63, 3.8) is 0 Å². The highest BCUT2D eigenvalue weighted by molar-refractivity contribution is 6.02. The third-order valence-corrected chi connectivity index (χ3v) is 3.95. The average molecular weight is 298 g/mol. The number of hydrogen-bond donors (Lipinski definition) is 1. The van der Waals surface area contributed by atoms with Crippen LogP contribution < -0.4 is 10.2 Å². The van der Waals surface area contributed by atoms with Crippen molar-refractivity contribution in [1.82, 2.24) is 5.43 Å². The van der Waals surface area contributed by atoms with Crippen LogP contribution in [-0.2, 0) is 0 Å². The van der Waals surface area contributed by atoms with Crippen molar-refractivity contribution in [2.75, 3.05) is 7.11 Å². The van der Waals surface area contributed by atoms with Crippen LogP contribution in [0.3, 0.4) is 0 Å². The highest BCUT2D eigenvalue weighted by Gasteiger charge is 2.18. The third-order valence-electron chi connectivity index (χ3n) is 3.95. The lowest BCUT2D eigenvalue weighted by Gasteiger charge is -2.22. The molecule has 1 aromatic rings. The van der Waals surface area contributed by atoms with Crippen molar-refractivity contribution >= 4 is 11.6 Å². The number of carbonyl (C=O) groups excluding carboxylic acids is 1. The second-order valence-electron chi connectivity index (χ2n) is 5.60. The van der Waals surface area contributed by atoms with Crippen LogP contribution in [0.15, 0.2) is 53.2 Å². The zero-order chi connectivity index (χ0) is 16.1. The van der Waals surface area contributed by atoms with Crippen molar-refractivity contribution in [3.8, 4) is 5.75 Å². The van der Waals surface area contributed by atoms with Crippen molar-refractivity contribution < 1.29 is 9.53 Å². The lowest BCUT2D eigenvalue weighted by molar-refractivity contribution is 0.0954. The van der Waals surface area contributed by atoms with Gasteiger partial charge in [0.15, 0.2) is 0 Å². The number of hydrogen-bond acceptors (Lipinski definition) is 3. The monoisotopic (exact) mass is 298 g/mol. The molecule has 0 spiro atoms. The Kier molecular flexibility index (Phi) is 5.15. The molecule has 4 nitrogen and oxygen atoms in total. The summed E-state index contributed by atoms with van der Waals surface area (Å²) in [5.41, 5.74) is 6.38. The van der Waals surface area contributed by atoms with Crippen LogP contribution in [0.5, 0.6) is 5.75 Å². The van der Waals surface area contributed by atoms with Crippen molar-refractivity contribution in [3.05, 3.63) is 53.6 Å². The van der Waals surface area contributed by atoms with Gasteiger partial charge in [0.25, 0.3) is 5.91 Å². The quantitative estimate of drug-likeness (QED) is 0.680. The number of ether oxygens (including phenoxy) is 1. The van der Waals surface area contributed by atoms with Crippen molar-refractivity contribution in [2.24, 2.45) is 11.0 Å². The summed E-state index contributed by atoms with van der Waals surface area (Å²) in [4.78, 5) is 12.1. The topological polar surface area (TPSA) is 50.7 Å². The Labute approximate surface area is 131 Å². The largest absolute Gasteiger partial charge is 0.497 e. The molecule has 2 rings (SSSR count). The smallest absolute Gasteiger partial charge is 0.271 e. The van der Waals surface area contributed by atoms with Gasteiger partial charge in [-0.25, -0.2) is 5.43 Å². The number of nitrogens with zero attached hydrogens (tertiary/aromatic N) is 1. The number of hydrazone groups is 1. The molecular formula is C18H22N2O2. The fourth-order valence-electron chi connectivity index (χ4n) is 2.35. The van der Waals surface area contributed by atoms with Crippen LogP contribution in [0, 0.1) is 5.92 Å². The Balaban J connectivity index is 2.06. The van der Waals surface area contributed by atoms with Crippen molar-refractivity contribution in [1.29, 1.82) is 0 Å². The summed E-state index contributed by atoms with van der Waals surface area (Å²) < 4.78 is 5.08. The molecule has 0 saturated heterocycles. The van der Waals surface area contributed by atoms with E-state index in [2.05, 4.69) is 23.2 Å². The standard InChI is InChI=1S/C18H22N2O2/c1-12(2)15-6-5-13(3)17(11-15)19-20-18(21)14-7-9-16(22-4)10-8-14/h5,7-10,15H,1,6,11H2,2-4H3,(H,20,21)/b19-17+/t15-/m1/s1. The minimum atomic E-state index is -0.222. The molecule has 0 radical (unpaired) electrons. The van der Waals surface area contributed by atoms with E-state index >= 15 is 0 Å². The summed E-state index contributed by atoms with van der Waals surface area (Å²) in [6.45, 7) is 8.07. The van der Waals surface area contributed by atoms with Gasteiger partial charge >= 0.3 is 0 Å². The summed E-state index contributed by atoms with van der Waals surface area (Å²) in [5, 5.41) is 4.29. The van der Waals surface area contributed by atoms with Gasteiger partial charge in [-0.15, -0.1) is 0 Å². The molecule has 1 aliphatic carbocycles. The minimum Gasteiger partial charge on any atom is -0.497 e. The first kappa shape index (κ1) is 16.0. The second-order valence-corrected chi connectivity index (χ2v) is 5.60. The van der Waals surface area contributed by atoms with Gasteiger partial charge in [0.1, 0.15) is 5.75 Å². The van der Waals surface area contributed by atoms with E-state index in [4.69, 9.17) is 4.74 Å². The summed E-state index contributed by atoms with van der Waals surface area (Å²) in [6.07, 6.45) is 3.97. The number of methoxy groups -OCH3 is 1. The second kappa shape index (κ2) is 7.07. The summed E-state index contributed by atoms with van der Waals surface area (Å²) in [6, 6.07) is 6.94. The van der Waals surface area contributed by atoms with E-state index < -0.39 is 0 Å². The summed E-state index contributed by atoms with van der Waals surface area (Å²) in [7, 11) is 1.59. The normalized spacial score (nSPS) is 19.5. The van der Waals surface area contributed by atoms with E-state index in [1.807, 2.05) is 13.8 Å². The van der Waals surface area contributed by atoms with Crippen LogP contribution in [0.1, 0.15) is 37.0 Å². The lowest BCUT2D eigenvalue weighted by Crippen LogP contribution is -2.23. The summed E-state index contributed by atoms with van der Waals surface area (Å²) >= 11 is 0. The van der Waals surface area contributed by atoms with Crippen molar-refractivity contribution in [2.45, 2.75) is 26.7 Å². The van der Waals surface area contributed by atoms with Gasteiger partial charge in [0, 0.05) is 5.56 Å². The molecule has 1 N–H and O–H groups in total. The molecule has 0 aliphatic heterocycles. The SMILES string of the molecule is C=C(C)[C@@H]1CC=C(C)/C(=N/NC(=O)c2ccc(OC)cc2)C1. The Morgan fingerprint density at radius 3 is 2.64 bits per heavy atom. The van der Waals surface area contributed by atoms with E-state index in [1.54, 1.807) is 31.4 Å². The maximum absolute atomic E-state index is 12.1. The minimum absolute atomic E-state index is 0.222. The first-order valence-electron chi connectivity index (χ1n) is 7.34. The summed E-state index contributed by atoms with van der Waals surface area (Å²) in [5.74, 6) is 0.902. The Morgan fingerprint density at radius 2 is 2.05 bits per heavy atom. The first-order valence-corrected chi connectivity index (χ1v) is 7.34. The van der Waals surface area contributed by atoms with Crippen LogP contribution in [0.25, 0.3) is 0 Å². The third kappa shape index (κ3) is 3.85. The zero-order valence-electron chi connectivity index (χ0n) is 13.3. The molecular weight excluding hydrogens is 276 g/mol. The fourth-order valence-corrected chi connectivity index (χ4v) is 2.35. The molecule has 0 saturated carbocycles. The Bertz CT molecular complexity index is 627. The van der Waals surface area contributed by atoms with E-state index in [1.165, 1.54) is 0 Å². The van der Waals surface area contributed by atoms with E-state index in [9.17, 15) is 4.79 Å². The van der Waals surface area contributed by atoms with Gasteiger partial charge < -0.3 is 4.74 Å². The molecule has 0 heterocycles. The average Bonchev–Trinajstić information content (AvgIpc) is 2.53. The molecule has 0 aromatic heterocycles. The molecule has 1 aromatic carbocycles. The van der Waals surface area contributed by atoms with Gasteiger partial charge in [-0.3, -0.25) is 4.79 Å². The number of rotatable bonds is 4. The predicted octanol–water partition coefficient (Wildman–Crippen LogP) is 3.71. The van der Waals surface area contributed by atoms with Crippen LogP contribution in [0.2, 0.25) is 0 Å². The van der Waals surface area contributed by atoms with Gasteiger partial charge in [-0.2, -0.15) is 5.10 Å². The number of allylic oxidation sites excluding steroid dienone is 3. The van der Waals surface area contributed by atoms with Gasteiger partial charge in [-0.05, 0) is 62.4 Å². The Morgan fingerprint density at radius 1 is 1.36 bits per heavy atom. The van der Waals surface area contributed by atoms with Gasteiger partial charge in [0.2, 0.25) is 0 Å². The van der Waals surface area contributed by atoms with Crippen LogP contribution in [0.4, 0.5) is 0 Å². The highest BCUT2D eigenvalue weighted by atomic mass is 16.5. The highest BCUT2D eigenvalue weighted by Crippen LogP contribution is 2.26. The maximum atomic E-state index is 12.1. The number of benzene rings is 1. The maximum Gasteiger partial charge on any atom is 0.271 e. The zero-order valence-corrected chi connectivity index (χ0v) is 13.3. The van der Waals surface area contributed by atoms with Gasteiger partial charge in [-0.1, -0.05) is 18.2 Å². The Hall–Kier alpha value is -2.36. The van der Waals surface area contributed by atoms with Crippen LogP contribution >= 0.6 is 0 Å². The molecule has 4 heteroatoms. The van der Waals surface area contributed by atoms with Gasteiger partial charge in [0.05, 0.1) is 12.8 Å². The molecule has 1 aliphatic rings. The van der Waals surface area contributed by atoms with Crippen LogP contribution in [-0.4, -0.2) is 18.7 Å². The van der Waals surface area contributed by atoms with E-state index in [-0.39, 0.29) is 5.91 Å². The molecule has 1 atom stereocenters. The first-order chi connectivity index (χ1) is 10.5. The number of carbonyl (C=O) groups is 1. The molecule has 0 fully saturated rings. The molecule has 0 unspecified atom stereocenters. The molecule has 22 heavy (non-hydrogen) atoms. The van der Waals surface area contributed by atoms with E-state index in [0.29, 0.717) is 11.5 Å². The predicted molar refractivity (Wildman–Crippen MR) is 89.2 cm³/mol. The van der Waals surface area contributed by atoms with E-state index in [0.717, 1.165) is 35.4 Å². The molecule has 0 bridgehead atoms. The number of amides is 1. The number of nitrogens with one attached hydrogen (secondary N) is 1. The fraction of sp³-hybridized carbons (Fsp3) is 0.333. The lowest BCUT2D eigenvalue weighted by atomic mass is 9.85. The molecule has 1 amide bonds. The molecule has 116 valence electrons.